The molecule has 0 amide bonds. The van der Waals surface area contributed by atoms with Gasteiger partial charge in [-0.1, -0.05) is 0 Å². The molecule has 1 saturated heterocycles. The Morgan fingerprint density at radius 1 is 1.32 bits per heavy atom. The van der Waals surface area contributed by atoms with Gasteiger partial charge in [0.25, 0.3) is 0 Å². The van der Waals surface area contributed by atoms with Crippen LogP contribution in [0.4, 0.5) is 0 Å². The maximum Gasteiger partial charge on any atom is 0.142 e. The largest absolute Gasteiger partial charge is 0.489 e. The van der Waals surface area contributed by atoms with E-state index in [1.807, 2.05) is 18.5 Å². The van der Waals surface area contributed by atoms with Crippen molar-refractivity contribution < 1.29 is 9.47 Å². The zero-order chi connectivity index (χ0) is 12.9. The van der Waals surface area contributed by atoms with Crippen molar-refractivity contribution in [3.05, 3.63) is 24.0 Å². The van der Waals surface area contributed by atoms with Crippen molar-refractivity contribution in [3.63, 3.8) is 0 Å². The molecule has 2 heterocycles. The Kier molecular flexibility index (Phi) is 4.30. The molecule has 3 rings (SSSR count). The molecule has 4 nitrogen and oxygen atoms in total. The highest BCUT2D eigenvalue weighted by Crippen LogP contribution is 2.22. The van der Waals surface area contributed by atoms with Crippen LogP contribution in [0.2, 0.25) is 0 Å². The fourth-order valence-corrected chi connectivity index (χ4v) is 2.35. The smallest absolute Gasteiger partial charge is 0.142 e. The first-order valence-corrected chi connectivity index (χ1v) is 7.32. The van der Waals surface area contributed by atoms with Gasteiger partial charge in [-0.15, -0.1) is 0 Å². The molecule has 2 aliphatic rings. The lowest BCUT2D eigenvalue weighted by molar-refractivity contribution is -0.0113. The third-order valence-corrected chi connectivity index (χ3v) is 3.73. The van der Waals surface area contributed by atoms with Crippen molar-refractivity contribution in [1.82, 2.24) is 10.3 Å². The van der Waals surface area contributed by atoms with E-state index in [1.165, 1.54) is 31.2 Å². The average molecular weight is 262 g/mol. The standard InChI is InChI=1S/C15H22N2O2/c1-2-8-18-14(3-1)11-19-15-10-16-7-6-12(15)9-17-13-4-5-13/h6-7,10,13-14,17H,1-5,8-9,11H2. The van der Waals surface area contributed by atoms with Crippen LogP contribution in [0.15, 0.2) is 18.5 Å². The Bertz CT molecular complexity index is 401. The van der Waals surface area contributed by atoms with Gasteiger partial charge in [0.1, 0.15) is 12.4 Å². The van der Waals surface area contributed by atoms with Gasteiger partial charge in [-0.05, 0) is 38.2 Å². The maximum atomic E-state index is 5.90. The van der Waals surface area contributed by atoms with E-state index in [9.17, 15) is 0 Å². The molecular weight excluding hydrogens is 240 g/mol. The summed E-state index contributed by atoms with van der Waals surface area (Å²) in [5, 5.41) is 3.51. The maximum absolute atomic E-state index is 5.90. The lowest BCUT2D eigenvalue weighted by atomic mass is 10.1. The summed E-state index contributed by atoms with van der Waals surface area (Å²) >= 11 is 0. The summed E-state index contributed by atoms with van der Waals surface area (Å²) in [6.45, 7) is 2.38. The summed E-state index contributed by atoms with van der Waals surface area (Å²) < 4.78 is 11.6. The fourth-order valence-electron chi connectivity index (χ4n) is 2.35. The molecule has 1 aliphatic heterocycles. The monoisotopic (exact) mass is 262 g/mol. The lowest BCUT2D eigenvalue weighted by Crippen LogP contribution is -2.26. The Hall–Kier alpha value is -1.13. The van der Waals surface area contributed by atoms with Crippen molar-refractivity contribution in [3.8, 4) is 5.75 Å². The third-order valence-electron chi connectivity index (χ3n) is 3.73. The SMILES string of the molecule is c1cc(CNC2CC2)c(OCC2CCCCO2)cn1. The van der Waals surface area contributed by atoms with E-state index in [0.29, 0.717) is 12.6 Å². The van der Waals surface area contributed by atoms with Gasteiger partial charge in [-0.25, -0.2) is 0 Å². The van der Waals surface area contributed by atoms with Crippen LogP contribution in [0.1, 0.15) is 37.7 Å². The van der Waals surface area contributed by atoms with E-state index in [2.05, 4.69) is 10.3 Å². The highest BCUT2D eigenvalue weighted by molar-refractivity contribution is 5.29. The molecule has 1 aromatic rings. The van der Waals surface area contributed by atoms with Crippen LogP contribution >= 0.6 is 0 Å². The van der Waals surface area contributed by atoms with Gasteiger partial charge in [-0.2, -0.15) is 0 Å². The van der Waals surface area contributed by atoms with Crippen LogP contribution in [0.3, 0.4) is 0 Å². The fraction of sp³-hybridized carbons (Fsp3) is 0.667. The number of nitrogens with zero attached hydrogens (tertiary/aromatic N) is 1. The molecule has 0 bridgehead atoms. The molecule has 1 atom stereocenters. The molecule has 1 saturated carbocycles. The molecule has 1 unspecified atom stereocenters. The molecule has 0 radical (unpaired) electrons. The molecular formula is C15H22N2O2. The number of aromatic nitrogens is 1. The molecule has 1 aliphatic carbocycles. The van der Waals surface area contributed by atoms with Crippen LogP contribution in [-0.4, -0.2) is 30.3 Å². The van der Waals surface area contributed by atoms with E-state index in [-0.39, 0.29) is 6.10 Å². The second-order valence-electron chi connectivity index (χ2n) is 5.44. The van der Waals surface area contributed by atoms with Crippen LogP contribution in [0.5, 0.6) is 5.75 Å². The molecule has 0 aromatic carbocycles. The highest BCUT2D eigenvalue weighted by atomic mass is 16.5. The van der Waals surface area contributed by atoms with Crippen molar-refractivity contribution in [2.45, 2.75) is 50.8 Å². The minimum atomic E-state index is 0.248. The number of pyridine rings is 1. The zero-order valence-corrected chi connectivity index (χ0v) is 11.3. The van der Waals surface area contributed by atoms with Crippen molar-refractivity contribution >= 4 is 0 Å². The molecule has 4 heteroatoms. The first-order chi connectivity index (χ1) is 9.42. The minimum Gasteiger partial charge on any atom is -0.489 e. The predicted molar refractivity (Wildman–Crippen MR) is 73.2 cm³/mol. The Morgan fingerprint density at radius 3 is 3.05 bits per heavy atom. The highest BCUT2D eigenvalue weighted by Gasteiger charge is 2.21. The Morgan fingerprint density at radius 2 is 2.26 bits per heavy atom. The molecule has 19 heavy (non-hydrogen) atoms. The van der Waals surface area contributed by atoms with Crippen LogP contribution in [0, 0.1) is 0 Å². The zero-order valence-electron chi connectivity index (χ0n) is 11.3. The van der Waals surface area contributed by atoms with Gasteiger partial charge in [0.05, 0.1) is 12.3 Å². The normalized spacial score (nSPS) is 23.3. The van der Waals surface area contributed by atoms with Gasteiger partial charge in [0, 0.05) is 31.0 Å². The first kappa shape index (κ1) is 12.9. The van der Waals surface area contributed by atoms with Gasteiger partial charge in [-0.3, -0.25) is 4.98 Å². The second-order valence-corrected chi connectivity index (χ2v) is 5.44. The second kappa shape index (κ2) is 6.35. The third kappa shape index (κ3) is 3.91. The molecule has 1 N–H and O–H groups in total. The van der Waals surface area contributed by atoms with E-state index < -0.39 is 0 Å². The minimum absolute atomic E-state index is 0.248. The predicted octanol–water partition coefficient (Wildman–Crippen LogP) is 2.28. The van der Waals surface area contributed by atoms with E-state index in [0.717, 1.165) is 25.3 Å². The topological polar surface area (TPSA) is 43.4 Å². The Balaban J connectivity index is 1.52. The molecule has 1 aromatic heterocycles. The van der Waals surface area contributed by atoms with Crippen molar-refractivity contribution in [1.29, 1.82) is 0 Å². The van der Waals surface area contributed by atoms with E-state index >= 15 is 0 Å². The van der Waals surface area contributed by atoms with E-state index in [1.54, 1.807) is 0 Å². The average Bonchev–Trinajstić information content (AvgIpc) is 3.29. The summed E-state index contributed by atoms with van der Waals surface area (Å²) in [6, 6.07) is 2.74. The van der Waals surface area contributed by atoms with Gasteiger partial charge in [0.2, 0.25) is 0 Å². The lowest BCUT2D eigenvalue weighted by Gasteiger charge is -2.23. The summed E-state index contributed by atoms with van der Waals surface area (Å²) in [5.41, 5.74) is 1.19. The molecule has 104 valence electrons. The van der Waals surface area contributed by atoms with Gasteiger partial charge < -0.3 is 14.8 Å². The number of hydrogen-bond donors (Lipinski definition) is 1. The number of nitrogens with one attached hydrogen (secondary N) is 1. The van der Waals surface area contributed by atoms with Crippen LogP contribution in [-0.2, 0) is 11.3 Å². The summed E-state index contributed by atoms with van der Waals surface area (Å²) in [4.78, 5) is 4.16. The van der Waals surface area contributed by atoms with Crippen molar-refractivity contribution in [2.75, 3.05) is 13.2 Å². The van der Waals surface area contributed by atoms with Crippen LogP contribution < -0.4 is 10.1 Å². The molecule has 2 fully saturated rings. The number of rotatable bonds is 6. The van der Waals surface area contributed by atoms with Crippen LogP contribution in [0.25, 0.3) is 0 Å². The molecule has 0 spiro atoms. The number of hydrogen-bond acceptors (Lipinski definition) is 4. The number of ether oxygens (including phenoxy) is 2. The first-order valence-electron chi connectivity index (χ1n) is 7.32. The van der Waals surface area contributed by atoms with E-state index in [4.69, 9.17) is 9.47 Å². The summed E-state index contributed by atoms with van der Waals surface area (Å²) in [6.07, 6.45) is 10.0. The Labute approximate surface area is 114 Å². The summed E-state index contributed by atoms with van der Waals surface area (Å²) in [7, 11) is 0. The quantitative estimate of drug-likeness (QED) is 0.854. The van der Waals surface area contributed by atoms with Gasteiger partial charge in [0.15, 0.2) is 0 Å². The van der Waals surface area contributed by atoms with Crippen molar-refractivity contribution in [2.24, 2.45) is 0 Å². The summed E-state index contributed by atoms with van der Waals surface area (Å²) in [5.74, 6) is 0.893. The van der Waals surface area contributed by atoms with Gasteiger partial charge >= 0.3 is 0 Å².